The lowest BCUT2D eigenvalue weighted by Gasteiger charge is -2.45. The molecule has 7 rings (SSSR count). The average molecular weight is 790 g/mol. The Morgan fingerprint density at radius 3 is 2.48 bits per heavy atom. The molecular weight excluding hydrogens is 755 g/mol. The number of anilines is 1. The third kappa shape index (κ3) is 6.83. The topological polar surface area (TPSA) is 185 Å². The number of halogens is 4. The number of sulfonamides is 1. The van der Waals surface area contributed by atoms with E-state index in [2.05, 4.69) is 25.4 Å². The number of alkyl halides is 3. The number of hydrogen-bond donors (Lipinski definition) is 2. The van der Waals surface area contributed by atoms with Crippen LogP contribution in [0.1, 0.15) is 70.9 Å². The van der Waals surface area contributed by atoms with Crippen molar-refractivity contribution in [3.05, 3.63) is 80.0 Å². The van der Waals surface area contributed by atoms with Crippen molar-refractivity contribution in [2.75, 3.05) is 37.8 Å². The summed E-state index contributed by atoms with van der Waals surface area (Å²) >= 11 is 6.14. The summed E-state index contributed by atoms with van der Waals surface area (Å²) in [5.74, 6) is -1.16. The molecule has 4 aromatic rings. The highest BCUT2D eigenvalue weighted by Crippen LogP contribution is 2.44. The molecular formula is C34H35ClF3N9O6S. The Bertz CT molecular complexity index is 2410. The zero-order valence-corrected chi connectivity index (χ0v) is 30.7. The maximum atomic E-state index is 14.5. The van der Waals surface area contributed by atoms with Crippen LogP contribution in [0, 0.1) is 6.92 Å². The van der Waals surface area contributed by atoms with Crippen LogP contribution < -0.4 is 10.9 Å². The Balaban J connectivity index is 1.27. The number of nitrogens with one attached hydrogen (secondary N) is 1. The van der Waals surface area contributed by atoms with Gasteiger partial charge in [-0.05, 0) is 69.2 Å². The molecule has 1 spiro atoms. The fourth-order valence-electron chi connectivity index (χ4n) is 7.61. The SMILES string of the molecule is Cc1ncnc(C(=O)N2CCC3(CCCc4c3c(=O)n3nc(C5=CCN(S(C)(=O)=O)CC5)nc3n4CC(=O)Nc3ccc(C(F)(F)F)cc3Cl)CC2)c1O. The standard InChI is InChI=1S/C34H35ClF3N9O6S/c1-19-28(49)27(40-18-39-19)31(51)44-14-10-33(11-15-44)9-3-4-24-26(33)30(50)47-32(42-29(43-47)20-7-12-45(13-8-20)54(2,52)53)46(24)17-25(48)41-23-6-5-21(16-22(23)35)34(36,37)38/h5-7,16,18,49H,3-4,8-15,17H2,1-2H3,(H,41,48). The third-order valence-corrected chi connectivity index (χ3v) is 12.0. The molecule has 0 unspecified atom stereocenters. The smallest absolute Gasteiger partial charge is 0.416 e. The van der Waals surface area contributed by atoms with Gasteiger partial charge in [0, 0.05) is 42.9 Å². The lowest BCUT2D eigenvalue weighted by Crippen LogP contribution is -2.50. The maximum absolute atomic E-state index is 14.5. The summed E-state index contributed by atoms with van der Waals surface area (Å²) in [6, 6.07) is 2.59. The van der Waals surface area contributed by atoms with Crippen molar-refractivity contribution in [3.8, 4) is 5.75 Å². The van der Waals surface area contributed by atoms with Gasteiger partial charge in [0.1, 0.15) is 12.9 Å². The number of carbonyl (C=O) groups is 2. The number of likely N-dealkylation sites (tertiary alicyclic amines) is 1. The Kier molecular flexibility index (Phi) is 9.54. The van der Waals surface area contributed by atoms with Gasteiger partial charge in [-0.1, -0.05) is 17.7 Å². The summed E-state index contributed by atoms with van der Waals surface area (Å²) in [7, 11) is -3.44. The number of nitrogens with zero attached hydrogens (tertiary/aromatic N) is 8. The number of aryl methyl sites for hydroxylation is 1. The number of aromatic nitrogens is 6. The van der Waals surface area contributed by atoms with Gasteiger partial charge < -0.3 is 19.9 Å². The van der Waals surface area contributed by atoms with Crippen molar-refractivity contribution in [2.45, 2.75) is 63.6 Å². The monoisotopic (exact) mass is 789 g/mol. The first-order valence-corrected chi connectivity index (χ1v) is 19.3. The van der Waals surface area contributed by atoms with Crippen LogP contribution in [0.2, 0.25) is 5.02 Å². The fraction of sp³-hybridized carbons (Fsp3) is 0.441. The number of hydrogen-bond acceptors (Lipinski definition) is 10. The van der Waals surface area contributed by atoms with Crippen molar-refractivity contribution >= 4 is 50.5 Å². The van der Waals surface area contributed by atoms with Crippen molar-refractivity contribution < 1.29 is 36.3 Å². The second kappa shape index (κ2) is 13.8. The molecule has 1 aliphatic carbocycles. The molecule has 3 aliphatic rings. The summed E-state index contributed by atoms with van der Waals surface area (Å²) in [6.45, 7) is 1.94. The van der Waals surface area contributed by atoms with Crippen LogP contribution >= 0.6 is 11.6 Å². The lowest BCUT2D eigenvalue weighted by molar-refractivity contribution is -0.137. The van der Waals surface area contributed by atoms with Gasteiger partial charge in [0.2, 0.25) is 21.7 Å². The number of rotatable bonds is 6. The van der Waals surface area contributed by atoms with Crippen LogP contribution in [0.3, 0.4) is 0 Å². The predicted octanol–water partition coefficient (Wildman–Crippen LogP) is 3.56. The van der Waals surface area contributed by atoms with Gasteiger partial charge in [-0.3, -0.25) is 14.4 Å². The summed E-state index contributed by atoms with van der Waals surface area (Å²) in [6.07, 6.45) is 2.08. The Morgan fingerprint density at radius 2 is 1.83 bits per heavy atom. The highest BCUT2D eigenvalue weighted by atomic mass is 35.5. The van der Waals surface area contributed by atoms with Gasteiger partial charge >= 0.3 is 6.18 Å². The molecule has 1 saturated heterocycles. The molecule has 0 bridgehead atoms. The summed E-state index contributed by atoms with van der Waals surface area (Å²) in [5, 5.41) is 17.3. The maximum Gasteiger partial charge on any atom is 0.416 e. The third-order valence-electron chi connectivity index (χ3n) is 10.5. The van der Waals surface area contributed by atoms with Gasteiger partial charge in [-0.2, -0.15) is 27.0 Å². The van der Waals surface area contributed by atoms with Crippen molar-refractivity contribution in [3.63, 3.8) is 0 Å². The van der Waals surface area contributed by atoms with Crippen LogP contribution in [-0.4, -0.2) is 96.1 Å². The van der Waals surface area contributed by atoms with Crippen LogP contribution in [0.4, 0.5) is 18.9 Å². The first-order valence-electron chi connectivity index (χ1n) is 17.1. The molecule has 1 aromatic carbocycles. The second-order valence-electron chi connectivity index (χ2n) is 13.8. The molecule has 1 fully saturated rings. The van der Waals surface area contributed by atoms with E-state index in [-0.39, 0.29) is 72.0 Å². The molecule has 0 saturated carbocycles. The van der Waals surface area contributed by atoms with Crippen LogP contribution in [0.25, 0.3) is 11.4 Å². The molecule has 15 nitrogen and oxygen atoms in total. The Labute approximate surface area is 311 Å². The molecule has 54 heavy (non-hydrogen) atoms. The minimum Gasteiger partial charge on any atom is -0.504 e. The summed E-state index contributed by atoms with van der Waals surface area (Å²) in [4.78, 5) is 55.8. The first kappa shape index (κ1) is 37.4. The number of carbonyl (C=O) groups excluding carboxylic acids is 2. The van der Waals surface area contributed by atoms with E-state index in [0.29, 0.717) is 48.9 Å². The number of aromatic hydroxyl groups is 1. The van der Waals surface area contributed by atoms with Gasteiger partial charge in [0.05, 0.1) is 28.2 Å². The predicted molar refractivity (Wildman–Crippen MR) is 190 cm³/mol. The van der Waals surface area contributed by atoms with E-state index >= 15 is 0 Å². The van der Waals surface area contributed by atoms with Crippen molar-refractivity contribution in [1.29, 1.82) is 0 Å². The van der Waals surface area contributed by atoms with Gasteiger partial charge in [-0.15, -0.1) is 5.10 Å². The van der Waals surface area contributed by atoms with E-state index in [1.165, 1.54) is 10.6 Å². The summed E-state index contributed by atoms with van der Waals surface area (Å²) < 4.78 is 68.0. The van der Waals surface area contributed by atoms with E-state index in [1.54, 1.807) is 22.5 Å². The van der Waals surface area contributed by atoms with E-state index in [0.717, 1.165) is 29.0 Å². The number of amides is 2. The molecule has 2 amide bonds. The largest absolute Gasteiger partial charge is 0.504 e. The number of benzene rings is 1. The minimum atomic E-state index is -4.63. The van der Waals surface area contributed by atoms with Gasteiger partial charge in [0.25, 0.3) is 11.5 Å². The first-order chi connectivity index (χ1) is 25.5. The molecule has 20 heteroatoms. The van der Waals surface area contributed by atoms with E-state index in [4.69, 9.17) is 11.6 Å². The molecule has 0 radical (unpaired) electrons. The van der Waals surface area contributed by atoms with Crippen LogP contribution in [0.5, 0.6) is 5.75 Å². The number of piperidine rings is 1. The molecule has 0 atom stereocenters. The fourth-order valence-corrected chi connectivity index (χ4v) is 8.60. The van der Waals surface area contributed by atoms with E-state index in [9.17, 15) is 41.1 Å². The summed E-state index contributed by atoms with van der Waals surface area (Å²) in [5.41, 5.74) is -0.394. The molecule has 2 N–H and O–H groups in total. The average Bonchev–Trinajstić information content (AvgIpc) is 3.57. The molecule has 3 aromatic heterocycles. The normalized spacial score (nSPS) is 17.7. The number of fused-ring (bicyclic) bond motifs is 3. The minimum absolute atomic E-state index is 0.0380. The molecule has 2 aliphatic heterocycles. The molecule has 5 heterocycles. The second-order valence-corrected chi connectivity index (χ2v) is 16.2. The Morgan fingerprint density at radius 1 is 1.09 bits per heavy atom. The van der Waals surface area contributed by atoms with Gasteiger partial charge in [0.15, 0.2) is 17.3 Å². The van der Waals surface area contributed by atoms with E-state index < -0.39 is 51.1 Å². The van der Waals surface area contributed by atoms with Crippen LogP contribution in [-0.2, 0) is 39.4 Å². The van der Waals surface area contributed by atoms with Gasteiger partial charge in [-0.25, -0.2) is 18.4 Å². The zero-order valence-electron chi connectivity index (χ0n) is 29.2. The lowest BCUT2D eigenvalue weighted by atomic mass is 9.66. The molecule has 286 valence electrons. The van der Waals surface area contributed by atoms with Crippen LogP contribution in [0.15, 0.2) is 35.4 Å². The zero-order chi connectivity index (χ0) is 38.7. The Hall–Kier alpha value is -4.88. The quantitative estimate of drug-likeness (QED) is 0.293. The van der Waals surface area contributed by atoms with Crippen molar-refractivity contribution in [1.82, 2.24) is 38.3 Å². The highest BCUT2D eigenvalue weighted by Gasteiger charge is 2.45. The highest BCUT2D eigenvalue weighted by molar-refractivity contribution is 7.88. The van der Waals surface area contributed by atoms with Crippen molar-refractivity contribution in [2.24, 2.45) is 0 Å². The van der Waals surface area contributed by atoms with E-state index in [1.807, 2.05) is 0 Å².